The number of nitrogens with one attached hydrogen (secondary N) is 1. The van der Waals surface area contributed by atoms with Gasteiger partial charge in [-0.15, -0.1) is 0 Å². The molecule has 2 aromatic heterocycles. The maximum atomic E-state index is 14.6. The quantitative estimate of drug-likeness (QED) is 0.552. The third-order valence-corrected chi connectivity index (χ3v) is 6.13. The summed E-state index contributed by atoms with van der Waals surface area (Å²) in [6, 6.07) is 4.83. The van der Waals surface area contributed by atoms with E-state index in [2.05, 4.69) is 15.2 Å². The summed E-state index contributed by atoms with van der Waals surface area (Å²) in [6.45, 7) is 2.88. The van der Waals surface area contributed by atoms with Crippen LogP contribution in [-0.4, -0.2) is 51.5 Å². The van der Waals surface area contributed by atoms with Gasteiger partial charge >= 0.3 is 6.18 Å². The molecule has 36 heavy (non-hydrogen) atoms. The SMILES string of the molecule is Cc1c(Cc2ccc(F)c(C(=O)N3CCN(c4cncc(C(F)(F)F)c4)C(=O)C3)c2)n[nH]c(=O)c1C. The predicted molar refractivity (Wildman–Crippen MR) is 121 cm³/mol. The Morgan fingerprint density at radius 2 is 1.83 bits per heavy atom. The topological polar surface area (TPSA) is 99.3 Å². The van der Waals surface area contributed by atoms with E-state index in [1.165, 1.54) is 12.1 Å². The molecule has 3 aromatic rings. The van der Waals surface area contributed by atoms with Crippen molar-refractivity contribution >= 4 is 17.5 Å². The fourth-order valence-corrected chi connectivity index (χ4v) is 3.90. The normalized spacial score (nSPS) is 14.3. The molecule has 0 spiro atoms. The lowest BCUT2D eigenvalue weighted by molar-refractivity contribution is -0.137. The number of piperazine rings is 1. The third-order valence-electron chi connectivity index (χ3n) is 6.13. The van der Waals surface area contributed by atoms with E-state index in [0.29, 0.717) is 28.6 Å². The van der Waals surface area contributed by atoms with Gasteiger partial charge < -0.3 is 9.80 Å². The zero-order chi connectivity index (χ0) is 26.2. The van der Waals surface area contributed by atoms with Crippen LogP contribution in [0.4, 0.5) is 23.2 Å². The van der Waals surface area contributed by atoms with Crippen LogP contribution in [0.15, 0.2) is 41.5 Å². The Morgan fingerprint density at radius 3 is 2.53 bits per heavy atom. The first-order chi connectivity index (χ1) is 17.0. The van der Waals surface area contributed by atoms with Crippen molar-refractivity contribution < 1.29 is 27.2 Å². The van der Waals surface area contributed by atoms with Crippen LogP contribution in [0.2, 0.25) is 0 Å². The third kappa shape index (κ3) is 4.97. The van der Waals surface area contributed by atoms with Crippen molar-refractivity contribution in [1.29, 1.82) is 0 Å². The average Bonchev–Trinajstić information content (AvgIpc) is 2.84. The van der Waals surface area contributed by atoms with E-state index in [4.69, 9.17) is 0 Å². The van der Waals surface area contributed by atoms with Crippen molar-refractivity contribution in [2.75, 3.05) is 24.5 Å². The fourth-order valence-electron chi connectivity index (χ4n) is 3.90. The van der Waals surface area contributed by atoms with Crippen LogP contribution in [-0.2, 0) is 17.4 Å². The second-order valence-electron chi connectivity index (χ2n) is 8.44. The second-order valence-corrected chi connectivity index (χ2v) is 8.44. The van der Waals surface area contributed by atoms with Crippen molar-refractivity contribution in [3.8, 4) is 0 Å². The number of carbonyl (C=O) groups excluding carboxylic acids is 2. The molecule has 1 aromatic carbocycles. The number of nitrogens with zero attached hydrogens (tertiary/aromatic N) is 4. The van der Waals surface area contributed by atoms with Crippen LogP contribution >= 0.6 is 0 Å². The smallest absolute Gasteiger partial charge is 0.327 e. The summed E-state index contributed by atoms with van der Waals surface area (Å²) >= 11 is 0. The van der Waals surface area contributed by atoms with E-state index in [-0.39, 0.29) is 36.3 Å². The standard InChI is InChI=1S/C24H21F4N5O3/c1-13-14(2)22(35)31-30-20(13)8-15-3-4-19(25)18(7-15)23(36)32-5-6-33(21(34)12-32)17-9-16(10-29-11-17)24(26,27)28/h3-4,7,9-11H,5-6,8,12H2,1-2H3,(H,31,35). The molecule has 1 aliphatic heterocycles. The number of alkyl halides is 3. The average molecular weight is 503 g/mol. The summed E-state index contributed by atoms with van der Waals surface area (Å²) in [7, 11) is 0. The number of benzene rings is 1. The number of anilines is 1. The highest BCUT2D eigenvalue weighted by Crippen LogP contribution is 2.31. The molecule has 4 rings (SSSR count). The van der Waals surface area contributed by atoms with E-state index in [0.717, 1.165) is 28.1 Å². The molecule has 1 saturated heterocycles. The number of amides is 2. The number of aromatic amines is 1. The lowest BCUT2D eigenvalue weighted by Crippen LogP contribution is -2.52. The molecule has 0 atom stereocenters. The molecule has 1 N–H and O–H groups in total. The molecule has 1 aliphatic rings. The van der Waals surface area contributed by atoms with Crippen LogP contribution in [0.5, 0.6) is 0 Å². The van der Waals surface area contributed by atoms with Crippen LogP contribution in [0.25, 0.3) is 0 Å². The summed E-state index contributed by atoms with van der Waals surface area (Å²) in [4.78, 5) is 43.3. The number of aromatic nitrogens is 3. The van der Waals surface area contributed by atoms with Crippen molar-refractivity contribution in [2.24, 2.45) is 0 Å². The molecule has 1 fully saturated rings. The number of pyridine rings is 1. The van der Waals surface area contributed by atoms with Gasteiger partial charge in [-0.05, 0) is 43.2 Å². The Labute approximate surface area is 202 Å². The predicted octanol–water partition coefficient (Wildman–Crippen LogP) is 3.02. The van der Waals surface area contributed by atoms with Gasteiger partial charge in [0.25, 0.3) is 11.5 Å². The maximum Gasteiger partial charge on any atom is 0.417 e. The molecule has 3 heterocycles. The number of halogens is 4. The molecule has 0 aliphatic carbocycles. The zero-order valence-electron chi connectivity index (χ0n) is 19.3. The summed E-state index contributed by atoms with van der Waals surface area (Å²) in [6.07, 6.45) is -2.58. The first-order valence-electron chi connectivity index (χ1n) is 10.9. The highest BCUT2D eigenvalue weighted by atomic mass is 19.4. The highest BCUT2D eigenvalue weighted by Gasteiger charge is 2.34. The van der Waals surface area contributed by atoms with Gasteiger partial charge in [0.2, 0.25) is 5.91 Å². The van der Waals surface area contributed by atoms with Crippen LogP contribution in [0, 0.1) is 19.7 Å². The van der Waals surface area contributed by atoms with Crippen molar-refractivity contribution in [3.05, 3.63) is 86.3 Å². The number of H-pyrrole nitrogens is 1. The first-order valence-corrected chi connectivity index (χ1v) is 10.9. The van der Waals surface area contributed by atoms with Gasteiger partial charge in [-0.1, -0.05) is 6.07 Å². The number of hydrogen-bond acceptors (Lipinski definition) is 5. The lowest BCUT2D eigenvalue weighted by Gasteiger charge is -2.34. The van der Waals surface area contributed by atoms with E-state index >= 15 is 0 Å². The Balaban J connectivity index is 1.51. The molecular weight excluding hydrogens is 482 g/mol. The monoisotopic (exact) mass is 503 g/mol. The molecule has 0 saturated carbocycles. The van der Waals surface area contributed by atoms with Crippen LogP contribution in [0.3, 0.4) is 0 Å². The van der Waals surface area contributed by atoms with Gasteiger partial charge in [0, 0.05) is 31.3 Å². The number of rotatable bonds is 4. The molecule has 0 bridgehead atoms. The van der Waals surface area contributed by atoms with E-state index in [1.54, 1.807) is 13.8 Å². The summed E-state index contributed by atoms with van der Waals surface area (Å²) < 4.78 is 53.6. The lowest BCUT2D eigenvalue weighted by atomic mass is 10.0. The number of hydrogen-bond donors (Lipinski definition) is 1. The second kappa shape index (κ2) is 9.51. The van der Waals surface area contributed by atoms with Crippen molar-refractivity contribution in [3.63, 3.8) is 0 Å². The Bertz CT molecular complexity index is 1400. The Hall–Kier alpha value is -4.09. The molecular formula is C24H21F4N5O3. The number of carbonyl (C=O) groups is 2. The Morgan fingerprint density at radius 1 is 1.08 bits per heavy atom. The highest BCUT2D eigenvalue weighted by molar-refractivity contribution is 6.01. The minimum atomic E-state index is -4.62. The summed E-state index contributed by atoms with van der Waals surface area (Å²) in [5, 5.41) is 6.44. The first kappa shape index (κ1) is 25.0. The molecule has 12 heteroatoms. The van der Waals surface area contributed by atoms with Gasteiger partial charge in [-0.25, -0.2) is 9.49 Å². The molecule has 188 valence electrons. The summed E-state index contributed by atoms with van der Waals surface area (Å²) in [5.74, 6) is -2.11. The van der Waals surface area contributed by atoms with Gasteiger partial charge in [0.1, 0.15) is 12.4 Å². The Kier molecular flexibility index (Phi) is 6.61. The van der Waals surface area contributed by atoms with Gasteiger partial charge in [-0.3, -0.25) is 19.4 Å². The van der Waals surface area contributed by atoms with E-state index in [9.17, 15) is 31.9 Å². The molecule has 2 amide bonds. The van der Waals surface area contributed by atoms with Crippen molar-refractivity contribution in [1.82, 2.24) is 20.1 Å². The maximum absolute atomic E-state index is 14.6. The van der Waals surface area contributed by atoms with Gasteiger partial charge in [0.05, 0.1) is 28.7 Å². The van der Waals surface area contributed by atoms with E-state index < -0.39 is 35.9 Å². The zero-order valence-corrected chi connectivity index (χ0v) is 19.3. The molecule has 0 unspecified atom stereocenters. The van der Waals surface area contributed by atoms with Gasteiger partial charge in [-0.2, -0.15) is 18.3 Å². The minimum Gasteiger partial charge on any atom is -0.327 e. The largest absolute Gasteiger partial charge is 0.417 e. The fraction of sp³-hybridized carbons (Fsp3) is 0.292. The van der Waals surface area contributed by atoms with Crippen LogP contribution in [0.1, 0.15) is 38.3 Å². The minimum absolute atomic E-state index is 0.00966. The van der Waals surface area contributed by atoms with Gasteiger partial charge in [0.15, 0.2) is 0 Å². The van der Waals surface area contributed by atoms with Crippen molar-refractivity contribution in [2.45, 2.75) is 26.4 Å². The van der Waals surface area contributed by atoms with E-state index in [1.807, 2.05) is 0 Å². The van der Waals surface area contributed by atoms with Crippen LogP contribution < -0.4 is 10.5 Å². The molecule has 0 radical (unpaired) electrons. The summed E-state index contributed by atoms with van der Waals surface area (Å²) in [5.41, 5.74) is 0.746. The molecule has 8 nitrogen and oxygen atoms in total.